The maximum Gasteiger partial charge on any atom is 0.140 e. The van der Waals surface area contributed by atoms with Crippen molar-refractivity contribution in [1.82, 2.24) is 9.97 Å². The lowest BCUT2D eigenvalue weighted by Gasteiger charge is -2.12. The van der Waals surface area contributed by atoms with E-state index in [4.69, 9.17) is 5.26 Å². The van der Waals surface area contributed by atoms with Crippen molar-refractivity contribution in [3.63, 3.8) is 0 Å². The first-order chi connectivity index (χ1) is 13.1. The van der Waals surface area contributed by atoms with Gasteiger partial charge in [-0.2, -0.15) is 5.26 Å². The summed E-state index contributed by atoms with van der Waals surface area (Å²) in [5.41, 5.74) is 5.63. The average molecular weight is 354 g/mol. The summed E-state index contributed by atoms with van der Waals surface area (Å²) in [6.07, 6.45) is 1.68. The SMILES string of the molecule is Cc1cc(Nc2ccc(-c3ccc(C#N)nc3)cc2)c2cc(F)ccc2n1. The second-order valence-electron chi connectivity index (χ2n) is 6.22. The number of anilines is 2. The predicted molar refractivity (Wildman–Crippen MR) is 104 cm³/mol. The monoisotopic (exact) mass is 354 g/mol. The van der Waals surface area contributed by atoms with Crippen molar-refractivity contribution in [2.75, 3.05) is 5.32 Å². The smallest absolute Gasteiger partial charge is 0.140 e. The molecule has 0 spiro atoms. The Hall–Kier alpha value is -3.78. The van der Waals surface area contributed by atoms with Crippen molar-refractivity contribution in [1.29, 1.82) is 5.26 Å². The Morgan fingerprint density at radius 1 is 0.963 bits per heavy atom. The van der Waals surface area contributed by atoms with Gasteiger partial charge in [-0.05, 0) is 61.0 Å². The Labute approximate surface area is 156 Å². The molecule has 2 aromatic carbocycles. The molecule has 0 bridgehead atoms. The number of aromatic nitrogens is 2. The lowest BCUT2D eigenvalue weighted by molar-refractivity contribution is 0.629. The molecule has 0 aliphatic rings. The summed E-state index contributed by atoms with van der Waals surface area (Å²) in [4.78, 5) is 8.55. The lowest BCUT2D eigenvalue weighted by atomic mass is 10.1. The Balaban J connectivity index is 1.64. The highest BCUT2D eigenvalue weighted by Crippen LogP contribution is 2.28. The van der Waals surface area contributed by atoms with Crippen LogP contribution in [0.3, 0.4) is 0 Å². The van der Waals surface area contributed by atoms with E-state index in [0.717, 1.165) is 39.1 Å². The molecule has 0 aliphatic carbocycles. The van der Waals surface area contributed by atoms with Crippen LogP contribution in [0.4, 0.5) is 15.8 Å². The highest BCUT2D eigenvalue weighted by Gasteiger charge is 2.07. The largest absolute Gasteiger partial charge is 0.355 e. The molecule has 1 N–H and O–H groups in total. The fraction of sp³-hybridized carbons (Fsp3) is 0.0455. The van der Waals surface area contributed by atoms with E-state index in [1.165, 1.54) is 12.1 Å². The van der Waals surface area contributed by atoms with Crippen molar-refractivity contribution in [2.45, 2.75) is 6.92 Å². The minimum Gasteiger partial charge on any atom is -0.355 e. The van der Waals surface area contributed by atoms with Gasteiger partial charge in [0.1, 0.15) is 17.6 Å². The predicted octanol–water partition coefficient (Wildman–Crippen LogP) is 5.36. The van der Waals surface area contributed by atoms with Crippen LogP contribution >= 0.6 is 0 Å². The molecule has 0 saturated carbocycles. The van der Waals surface area contributed by atoms with Gasteiger partial charge in [0.05, 0.1) is 5.52 Å². The van der Waals surface area contributed by atoms with Crippen LogP contribution in [0.25, 0.3) is 22.0 Å². The zero-order valence-electron chi connectivity index (χ0n) is 14.6. The van der Waals surface area contributed by atoms with Crippen LogP contribution < -0.4 is 5.32 Å². The van der Waals surface area contributed by atoms with Crippen molar-refractivity contribution >= 4 is 22.3 Å². The van der Waals surface area contributed by atoms with E-state index < -0.39 is 0 Å². The zero-order valence-corrected chi connectivity index (χ0v) is 14.6. The molecule has 0 fully saturated rings. The molecule has 0 aliphatic heterocycles. The molecular formula is C22H15FN4. The van der Waals surface area contributed by atoms with Crippen LogP contribution in [-0.4, -0.2) is 9.97 Å². The van der Waals surface area contributed by atoms with E-state index in [0.29, 0.717) is 5.69 Å². The van der Waals surface area contributed by atoms with Gasteiger partial charge < -0.3 is 5.32 Å². The lowest BCUT2D eigenvalue weighted by Crippen LogP contribution is -1.95. The summed E-state index contributed by atoms with van der Waals surface area (Å²) in [6.45, 7) is 1.91. The number of nitrogens with zero attached hydrogens (tertiary/aromatic N) is 3. The van der Waals surface area contributed by atoms with Crippen molar-refractivity contribution in [3.8, 4) is 17.2 Å². The van der Waals surface area contributed by atoms with Crippen LogP contribution in [0.15, 0.2) is 66.9 Å². The van der Waals surface area contributed by atoms with E-state index in [9.17, 15) is 4.39 Å². The Morgan fingerprint density at radius 3 is 2.44 bits per heavy atom. The van der Waals surface area contributed by atoms with E-state index in [1.54, 1.807) is 18.3 Å². The number of hydrogen-bond donors (Lipinski definition) is 1. The van der Waals surface area contributed by atoms with Crippen LogP contribution in [0, 0.1) is 24.1 Å². The Kier molecular flexibility index (Phi) is 4.23. The quantitative estimate of drug-likeness (QED) is 0.538. The second kappa shape index (κ2) is 6.85. The molecule has 0 atom stereocenters. The first kappa shape index (κ1) is 16.7. The number of halogens is 1. The van der Waals surface area contributed by atoms with Gasteiger partial charge in [0.25, 0.3) is 0 Å². The number of nitrogens with one attached hydrogen (secondary N) is 1. The Bertz CT molecular complexity index is 1160. The van der Waals surface area contributed by atoms with Gasteiger partial charge in [0.2, 0.25) is 0 Å². The molecule has 0 saturated heterocycles. The minimum absolute atomic E-state index is 0.292. The first-order valence-electron chi connectivity index (χ1n) is 8.43. The maximum absolute atomic E-state index is 13.7. The van der Waals surface area contributed by atoms with Gasteiger partial charge in [-0.25, -0.2) is 9.37 Å². The highest BCUT2D eigenvalue weighted by molar-refractivity contribution is 5.93. The number of nitriles is 1. The summed E-state index contributed by atoms with van der Waals surface area (Å²) in [5.74, 6) is -0.292. The number of rotatable bonds is 3. The fourth-order valence-corrected chi connectivity index (χ4v) is 2.97. The maximum atomic E-state index is 13.7. The molecule has 2 heterocycles. The molecule has 130 valence electrons. The number of aryl methyl sites for hydroxylation is 1. The van der Waals surface area contributed by atoms with Gasteiger partial charge in [0, 0.05) is 34.2 Å². The van der Waals surface area contributed by atoms with E-state index in [1.807, 2.05) is 49.4 Å². The molecule has 27 heavy (non-hydrogen) atoms. The molecule has 4 rings (SSSR count). The standard InChI is InChI=1S/C22H15FN4/c1-14-10-22(20-11-17(23)5-9-21(20)26-14)27-18-6-2-15(3-7-18)16-4-8-19(12-24)25-13-16/h2-11,13H,1H3,(H,26,27). The number of benzene rings is 2. The number of fused-ring (bicyclic) bond motifs is 1. The van der Waals surface area contributed by atoms with Gasteiger partial charge in [-0.1, -0.05) is 12.1 Å². The second-order valence-corrected chi connectivity index (χ2v) is 6.22. The van der Waals surface area contributed by atoms with E-state index >= 15 is 0 Å². The number of hydrogen-bond acceptors (Lipinski definition) is 4. The van der Waals surface area contributed by atoms with Crippen LogP contribution in [0.1, 0.15) is 11.4 Å². The molecule has 0 unspecified atom stereocenters. The van der Waals surface area contributed by atoms with Crippen molar-refractivity contribution < 1.29 is 4.39 Å². The van der Waals surface area contributed by atoms with Gasteiger partial charge >= 0.3 is 0 Å². The van der Waals surface area contributed by atoms with Crippen molar-refractivity contribution in [3.05, 3.63) is 84.1 Å². The minimum atomic E-state index is -0.292. The Morgan fingerprint density at radius 2 is 1.74 bits per heavy atom. The molecule has 0 radical (unpaired) electrons. The normalized spacial score (nSPS) is 10.6. The molecule has 0 amide bonds. The third kappa shape index (κ3) is 3.46. The van der Waals surface area contributed by atoms with E-state index in [-0.39, 0.29) is 5.82 Å². The average Bonchev–Trinajstić information content (AvgIpc) is 2.69. The van der Waals surface area contributed by atoms with Gasteiger partial charge in [-0.3, -0.25) is 4.98 Å². The summed E-state index contributed by atoms with van der Waals surface area (Å²) < 4.78 is 13.7. The van der Waals surface area contributed by atoms with Crippen LogP contribution in [0.5, 0.6) is 0 Å². The molecule has 2 aromatic heterocycles. The molecular weight excluding hydrogens is 339 g/mol. The van der Waals surface area contributed by atoms with Crippen LogP contribution in [-0.2, 0) is 0 Å². The summed E-state index contributed by atoms with van der Waals surface area (Å²) >= 11 is 0. The molecule has 4 nitrogen and oxygen atoms in total. The summed E-state index contributed by atoms with van der Waals surface area (Å²) in [5, 5.41) is 12.9. The molecule has 5 heteroatoms. The van der Waals surface area contributed by atoms with Gasteiger partial charge in [-0.15, -0.1) is 0 Å². The third-order valence-corrected chi connectivity index (χ3v) is 4.27. The summed E-state index contributed by atoms with van der Waals surface area (Å²) in [7, 11) is 0. The summed E-state index contributed by atoms with van der Waals surface area (Å²) in [6, 6.07) is 19.9. The number of pyridine rings is 2. The first-order valence-corrected chi connectivity index (χ1v) is 8.43. The fourth-order valence-electron chi connectivity index (χ4n) is 2.97. The van der Waals surface area contributed by atoms with Gasteiger partial charge in [0.15, 0.2) is 0 Å². The molecule has 4 aromatic rings. The zero-order chi connectivity index (χ0) is 18.8. The van der Waals surface area contributed by atoms with E-state index in [2.05, 4.69) is 15.3 Å². The van der Waals surface area contributed by atoms with Crippen LogP contribution in [0.2, 0.25) is 0 Å². The third-order valence-electron chi connectivity index (χ3n) is 4.27. The highest BCUT2D eigenvalue weighted by atomic mass is 19.1. The van der Waals surface area contributed by atoms with Crippen molar-refractivity contribution in [2.24, 2.45) is 0 Å². The topological polar surface area (TPSA) is 61.6 Å².